The average Bonchev–Trinajstić information content (AvgIpc) is 0.738. The van der Waals surface area contributed by atoms with E-state index in [1.165, 1.54) is 56.4 Å². The second-order valence-corrected chi connectivity index (χ2v) is 25.4. The van der Waals surface area contributed by atoms with Crippen molar-refractivity contribution in [2.45, 2.75) is 71.5 Å². The number of pyridine rings is 2. The van der Waals surface area contributed by atoms with Crippen LogP contribution in [0.5, 0.6) is 11.5 Å². The van der Waals surface area contributed by atoms with Gasteiger partial charge >= 0.3 is 58.3 Å². The Morgan fingerprint density at radius 3 is 1.14 bits per heavy atom. The standard InChI is InChI=1S/C24H18F4IN3O7S.C23H19FIN3O5.C2F6O5S2.2CH4/c1-12-19(39-40(37,38)24(26,27)28)18-20(30(2)21(12)34)32(17-8-7-15(29)9-16(17)25)23(36)31(22(18)35)10-13-3-5-14(11-33)6-4-13;1-12-19(30)18-20(26(2)21(12)31)28(17-8-7-15(25)9-16(17)24)23(33)27(22(18)32)10-13-3-5-14(11-29)6-4-13;3-1(4,5)14(9,10)13-15(11,12)2(6,7)8;;/h3-9,33H,10-11H2,1-2H3;3-9,29-30H,10-11H2,1-2H3;;2*1H4. The minimum atomic E-state index is -6.85. The number of aryl methyl sites for hydroxylation is 2. The summed E-state index contributed by atoms with van der Waals surface area (Å²) in [6, 6.07) is 20.3. The molecule has 0 radical (unpaired) electrons. The molecule has 490 valence electrons. The van der Waals surface area contributed by atoms with E-state index >= 15 is 4.39 Å². The number of halogens is 13. The van der Waals surface area contributed by atoms with E-state index in [0.29, 0.717) is 38.5 Å². The zero-order chi connectivity index (χ0) is 66.5. The van der Waals surface area contributed by atoms with E-state index in [2.05, 4.69) is 4.18 Å². The van der Waals surface area contributed by atoms with Gasteiger partial charge in [0, 0.05) is 21.2 Å². The number of rotatable bonds is 12. The molecule has 0 aliphatic rings. The molecule has 8 aromatic rings. The number of alkyl halides is 9. The molecule has 0 saturated heterocycles. The predicted molar refractivity (Wildman–Crippen MR) is 318 cm³/mol. The summed E-state index contributed by atoms with van der Waals surface area (Å²) in [5.41, 5.74) is -24.5. The normalized spacial score (nSPS) is 12.1. The Kier molecular flexibility index (Phi) is 23.1. The summed E-state index contributed by atoms with van der Waals surface area (Å²) in [5.74, 6) is -3.51. The van der Waals surface area contributed by atoms with E-state index in [-0.39, 0.29) is 56.9 Å². The lowest BCUT2D eigenvalue weighted by Crippen LogP contribution is -2.43. The van der Waals surface area contributed by atoms with E-state index in [0.717, 1.165) is 44.4 Å². The first-order valence-electron chi connectivity index (χ1n) is 23.5. The summed E-state index contributed by atoms with van der Waals surface area (Å²) in [5, 5.41) is 28.1. The summed E-state index contributed by atoms with van der Waals surface area (Å²) in [6.45, 7) is 1.22. The van der Waals surface area contributed by atoms with Crippen molar-refractivity contribution in [2.75, 3.05) is 0 Å². The fourth-order valence-electron chi connectivity index (χ4n) is 7.95. The van der Waals surface area contributed by atoms with Crippen LogP contribution in [0.2, 0.25) is 0 Å². The topological polar surface area (TPSA) is 314 Å². The molecule has 4 aromatic carbocycles. The molecule has 0 unspecified atom stereocenters. The van der Waals surface area contributed by atoms with Crippen molar-refractivity contribution < 1.29 is 96.7 Å². The summed E-state index contributed by atoms with van der Waals surface area (Å²) in [7, 11) is -17.6. The molecular weight excluding hydrogens is 1530 g/mol. The number of benzene rings is 4. The molecule has 90 heavy (non-hydrogen) atoms. The maximum atomic E-state index is 15.2. The van der Waals surface area contributed by atoms with Crippen LogP contribution in [0.1, 0.15) is 48.2 Å². The number of aromatic hydroxyl groups is 1. The molecule has 8 rings (SSSR count). The molecule has 4 aromatic heterocycles. The van der Waals surface area contributed by atoms with Gasteiger partial charge < -0.3 is 19.5 Å². The van der Waals surface area contributed by atoms with Crippen molar-refractivity contribution in [3.8, 4) is 22.9 Å². The molecule has 0 saturated carbocycles. The van der Waals surface area contributed by atoms with E-state index in [1.54, 1.807) is 52.9 Å². The van der Waals surface area contributed by atoms with Gasteiger partial charge in [-0.05, 0) is 118 Å². The van der Waals surface area contributed by atoms with Crippen LogP contribution in [0.3, 0.4) is 0 Å². The quantitative estimate of drug-likeness (QED) is 0.0490. The van der Waals surface area contributed by atoms with Crippen LogP contribution in [0, 0.1) is 32.6 Å². The molecule has 23 nitrogen and oxygen atoms in total. The maximum Gasteiger partial charge on any atom is 0.534 e. The number of aliphatic hydroxyl groups excluding tert-OH is 2. The lowest BCUT2D eigenvalue weighted by Gasteiger charge is -2.20. The molecule has 39 heteroatoms. The van der Waals surface area contributed by atoms with E-state index in [1.807, 2.05) is 26.2 Å². The Morgan fingerprint density at radius 2 is 0.811 bits per heavy atom. The van der Waals surface area contributed by atoms with Crippen LogP contribution in [-0.2, 0) is 74.4 Å². The van der Waals surface area contributed by atoms with Gasteiger partial charge in [0.15, 0.2) is 5.75 Å². The highest BCUT2D eigenvalue weighted by atomic mass is 127. The van der Waals surface area contributed by atoms with Crippen LogP contribution < -0.4 is 37.8 Å². The zero-order valence-corrected chi connectivity index (χ0v) is 51.1. The largest absolute Gasteiger partial charge is 0.534 e. The van der Waals surface area contributed by atoms with Gasteiger partial charge in [0.1, 0.15) is 39.5 Å². The second kappa shape index (κ2) is 27.6. The number of aromatic nitrogens is 6. The SMILES string of the molecule is C.C.Cc1c(O)c2c(=O)n(Cc3ccc(CO)cc3)c(=O)n(-c3ccc(I)cc3F)c2n(C)c1=O.Cc1c(OS(=O)(=O)C(F)(F)F)c2c(=O)n(Cc3ccc(CO)cc3)c(=O)n(-c3ccc(I)cc3F)c2n(C)c1=O.O=S(=O)(OS(=O)(=O)C(F)(F)F)C(F)(F)F. The summed E-state index contributed by atoms with van der Waals surface area (Å²) in [6.07, 6.45) is 0. The Hall–Kier alpha value is -7.32. The molecule has 0 aliphatic heterocycles. The molecule has 0 atom stereocenters. The Morgan fingerprint density at radius 1 is 0.489 bits per heavy atom. The van der Waals surface area contributed by atoms with Gasteiger partial charge in [0.2, 0.25) is 0 Å². The van der Waals surface area contributed by atoms with Crippen molar-refractivity contribution in [3.63, 3.8) is 0 Å². The molecule has 0 amide bonds. The smallest absolute Gasteiger partial charge is 0.506 e. The van der Waals surface area contributed by atoms with E-state index in [4.69, 9.17) is 0 Å². The highest BCUT2D eigenvalue weighted by Gasteiger charge is 2.57. The van der Waals surface area contributed by atoms with Crippen molar-refractivity contribution in [3.05, 3.63) is 199 Å². The van der Waals surface area contributed by atoms with Crippen molar-refractivity contribution in [1.29, 1.82) is 0 Å². The number of aliphatic hydroxyl groups is 2. The minimum Gasteiger partial charge on any atom is -0.506 e. The van der Waals surface area contributed by atoms with Crippen LogP contribution in [-0.4, -0.2) is 84.5 Å². The minimum absolute atomic E-state index is 0. The van der Waals surface area contributed by atoms with Gasteiger partial charge in [-0.3, -0.25) is 37.4 Å². The highest BCUT2D eigenvalue weighted by Crippen LogP contribution is 2.34. The molecule has 0 bridgehead atoms. The number of hydrogen-bond donors (Lipinski definition) is 3. The first kappa shape index (κ1) is 75.1. The van der Waals surface area contributed by atoms with Crippen LogP contribution in [0.4, 0.5) is 48.3 Å². The van der Waals surface area contributed by atoms with Gasteiger partial charge in [-0.25, -0.2) is 27.5 Å². The first-order valence-corrected chi connectivity index (χ1v) is 29.9. The van der Waals surface area contributed by atoms with Gasteiger partial charge in [-0.2, -0.15) is 64.8 Å². The monoisotopic (exact) mass is 1570 g/mol. The van der Waals surface area contributed by atoms with Crippen molar-refractivity contribution in [1.82, 2.24) is 27.4 Å². The molecular formula is C51H45F11I2N6O17S3. The fraction of sp³-hybridized carbons (Fsp3) is 0.255. The summed E-state index contributed by atoms with van der Waals surface area (Å²) >= 11 is 3.72. The fourth-order valence-corrected chi connectivity index (χ4v) is 10.9. The molecule has 4 heterocycles. The molecule has 0 spiro atoms. The number of nitrogens with zero attached hydrogens (tertiary/aromatic N) is 6. The van der Waals surface area contributed by atoms with Crippen LogP contribution in [0.15, 0.2) is 114 Å². The summed E-state index contributed by atoms with van der Waals surface area (Å²) < 4.78 is 214. The van der Waals surface area contributed by atoms with Gasteiger partial charge in [0.25, 0.3) is 22.2 Å². The van der Waals surface area contributed by atoms with Gasteiger partial charge in [0.05, 0.1) is 48.8 Å². The van der Waals surface area contributed by atoms with Gasteiger partial charge in [-0.15, -0.1) is 3.63 Å². The van der Waals surface area contributed by atoms with E-state index < -0.39 is 132 Å². The van der Waals surface area contributed by atoms with Crippen LogP contribution in [0.25, 0.3) is 33.4 Å². The lowest BCUT2D eigenvalue weighted by molar-refractivity contribution is -0.0586. The predicted octanol–water partition coefficient (Wildman–Crippen LogP) is 6.80. The Labute approximate surface area is 526 Å². The molecule has 0 fully saturated rings. The Balaban J connectivity index is 0.000000312. The van der Waals surface area contributed by atoms with Crippen molar-refractivity contribution >= 4 is 97.6 Å². The van der Waals surface area contributed by atoms with Crippen LogP contribution >= 0.6 is 45.2 Å². The van der Waals surface area contributed by atoms with Gasteiger partial charge in [-0.1, -0.05) is 63.4 Å². The third kappa shape index (κ3) is 15.0. The number of hydrogen-bond acceptors (Lipinski definition) is 17. The Bertz CT molecular complexity index is 4820. The maximum absolute atomic E-state index is 15.2. The highest BCUT2D eigenvalue weighted by molar-refractivity contribution is 14.1. The second-order valence-electron chi connectivity index (χ2n) is 18.1. The summed E-state index contributed by atoms with van der Waals surface area (Å²) in [4.78, 5) is 80.0. The third-order valence-electron chi connectivity index (χ3n) is 12.3. The number of fused-ring (bicyclic) bond motifs is 2. The third-order valence-corrected chi connectivity index (χ3v) is 17.2. The van der Waals surface area contributed by atoms with Crippen molar-refractivity contribution in [2.24, 2.45) is 14.1 Å². The zero-order valence-electron chi connectivity index (χ0n) is 44.3. The van der Waals surface area contributed by atoms with E-state index in [9.17, 15) is 113 Å². The molecule has 3 N–H and O–H groups in total. The average molecular weight is 1570 g/mol. The molecule has 0 aliphatic carbocycles. The lowest BCUT2D eigenvalue weighted by atomic mass is 10.1. The first-order chi connectivity index (χ1) is 40.4.